The van der Waals surface area contributed by atoms with Crippen LogP contribution >= 0.6 is 11.8 Å². The van der Waals surface area contributed by atoms with Crippen molar-refractivity contribution in [2.24, 2.45) is 0 Å². The van der Waals surface area contributed by atoms with E-state index in [0.29, 0.717) is 35.4 Å². The SMILES string of the molecule is CCN(CC)C(=O)c1cccc(NC(=O)CSc2n[nH]c(C3CC3)n2)c1. The zero-order valence-corrected chi connectivity index (χ0v) is 15.8. The molecule has 138 valence electrons. The van der Waals surface area contributed by atoms with Crippen molar-refractivity contribution >= 4 is 29.3 Å². The van der Waals surface area contributed by atoms with E-state index in [2.05, 4.69) is 20.5 Å². The summed E-state index contributed by atoms with van der Waals surface area (Å²) >= 11 is 1.30. The molecule has 0 saturated heterocycles. The van der Waals surface area contributed by atoms with Crippen LogP contribution < -0.4 is 5.32 Å². The Morgan fingerprint density at radius 2 is 2.08 bits per heavy atom. The van der Waals surface area contributed by atoms with E-state index in [1.54, 1.807) is 29.2 Å². The number of benzene rings is 1. The molecule has 3 rings (SSSR count). The molecule has 1 aromatic carbocycles. The minimum atomic E-state index is -0.153. The standard InChI is InChI=1S/C18H23N5O2S/c1-3-23(4-2)17(25)13-6-5-7-14(10-13)19-15(24)11-26-18-20-16(21-22-18)12-8-9-12/h5-7,10,12H,3-4,8-9,11H2,1-2H3,(H,19,24)(H,20,21,22). The molecule has 26 heavy (non-hydrogen) atoms. The number of hydrogen-bond donors (Lipinski definition) is 2. The molecule has 2 amide bonds. The third-order valence-corrected chi connectivity index (χ3v) is 5.07. The molecule has 1 aliphatic rings. The highest BCUT2D eigenvalue weighted by molar-refractivity contribution is 7.99. The Morgan fingerprint density at radius 3 is 2.77 bits per heavy atom. The van der Waals surface area contributed by atoms with Crippen molar-refractivity contribution in [3.63, 3.8) is 0 Å². The maximum Gasteiger partial charge on any atom is 0.253 e. The van der Waals surface area contributed by atoms with E-state index in [1.165, 1.54) is 11.8 Å². The maximum absolute atomic E-state index is 12.4. The van der Waals surface area contributed by atoms with Crippen molar-refractivity contribution in [1.82, 2.24) is 20.1 Å². The summed E-state index contributed by atoms with van der Waals surface area (Å²) in [6.45, 7) is 5.20. The number of rotatable bonds is 8. The van der Waals surface area contributed by atoms with Crippen LogP contribution in [-0.4, -0.2) is 50.7 Å². The second-order valence-corrected chi connectivity index (χ2v) is 7.12. The largest absolute Gasteiger partial charge is 0.339 e. The molecule has 0 atom stereocenters. The first-order valence-electron chi connectivity index (χ1n) is 8.85. The predicted molar refractivity (Wildman–Crippen MR) is 101 cm³/mol. The van der Waals surface area contributed by atoms with Gasteiger partial charge in [0.25, 0.3) is 5.91 Å². The second-order valence-electron chi connectivity index (χ2n) is 6.17. The van der Waals surface area contributed by atoms with Crippen LogP contribution in [0.25, 0.3) is 0 Å². The molecule has 1 aliphatic carbocycles. The summed E-state index contributed by atoms with van der Waals surface area (Å²) in [6, 6.07) is 7.02. The zero-order chi connectivity index (χ0) is 18.5. The number of hydrogen-bond acceptors (Lipinski definition) is 5. The summed E-state index contributed by atoms with van der Waals surface area (Å²) in [7, 11) is 0. The Morgan fingerprint density at radius 1 is 1.31 bits per heavy atom. The summed E-state index contributed by atoms with van der Waals surface area (Å²) in [6.07, 6.45) is 2.31. The van der Waals surface area contributed by atoms with Gasteiger partial charge in [-0.05, 0) is 44.9 Å². The lowest BCUT2D eigenvalue weighted by Gasteiger charge is -2.19. The number of thioether (sulfide) groups is 1. The van der Waals surface area contributed by atoms with Gasteiger partial charge in [-0.1, -0.05) is 17.8 Å². The number of carbonyl (C=O) groups is 2. The van der Waals surface area contributed by atoms with Gasteiger partial charge >= 0.3 is 0 Å². The van der Waals surface area contributed by atoms with Gasteiger partial charge in [0.05, 0.1) is 5.75 Å². The van der Waals surface area contributed by atoms with Gasteiger partial charge in [0.15, 0.2) is 0 Å². The summed E-state index contributed by atoms with van der Waals surface area (Å²) in [4.78, 5) is 30.7. The van der Waals surface area contributed by atoms with Gasteiger partial charge in [-0.2, -0.15) is 0 Å². The van der Waals surface area contributed by atoms with Gasteiger partial charge in [-0.15, -0.1) is 5.10 Å². The molecule has 0 spiro atoms. The first-order valence-corrected chi connectivity index (χ1v) is 9.83. The molecular weight excluding hydrogens is 350 g/mol. The Labute approximate surface area is 157 Å². The Bertz CT molecular complexity index is 783. The van der Waals surface area contributed by atoms with Crippen LogP contribution in [0.15, 0.2) is 29.4 Å². The highest BCUT2D eigenvalue weighted by Gasteiger charge is 2.27. The lowest BCUT2D eigenvalue weighted by Crippen LogP contribution is -2.30. The van der Waals surface area contributed by atoms with Crippen LogP contribution in [0.3, 0.4) is 0 Å². The van der Waals surface area contributed by atoms with Gasteiger partial charge in [0.2, 0.25) is 11.1 Å². The molecule has 7 nitrogen and oxygen atoms in total. The lowest BCUT2D eigenvalue weighted by molar-refractivity contribution is -0.113. The molecule has 1 aromatic heterocycles. The van der Waals surface area contributed by atoms with E-state index in [4.69, 9.17) is 0 Å². The van der Waals surface area contributed by atoms with Gasteiger partial charge in [-0.3, -0.25) is 14.7 Å². The minimum absolute atomic E-state index is 0.0335. The molecule has 0 aliphatic heterocycles. The topological polar surface area (TPSA) is 91.0 Å². The van der Waals surface area contributed by atoms with Crippen molar-refractivity contribution in [2.75, 3.05) is 24.2 Å². The van der Waals surface area contributed by atoms with Crippen molar-refractivity contribution in [3.05, 3.63) is 35.7 Å². The van der Waals surface area contributed by atoms with Crippen molar-refractivity contribution in [2.45, 2.75) is 37.8 Å². The number of amides is 2. The van der Waals surface area contributed by atoms with Crippen LogP contribution in [0.5, 0.6) is 0 Å². The molecule has 0 unspecified atom stereocenters. The predicted octanol–water partition coefficient (Wildman–Crippen LogP) is 2.89. The van der Waals surface area contributed by atoms with Gasteiger partial charge in [0.1, 0.15) is 5.82 Å². The normalized spacial score (nSPS) is 13.5. The smallest absolute Gasteiger partial charge is 0.253 e. The summed E-state index contributed by atoms with van der Waals surface area (Å²) in [5.41, 5.74) is 1.18. The molecule has 0 bridgehead atoms. The van der Waals surface area contributed by atoms with Crippen LogP contribution in [-0.2, 0) is 4.79 Å². The molecule has 1 saturated carbocycles. The monoisotopic (exact) mass is 373 g/mol. The van der Waals surface area contributed by atoms with Gasteiger partial charge in [-0.25, -0.2) is 4.98 Å². The summed E-state index contributed by atoms with van der Waals surface area (Å²) in [5, 5.41) is 10.5. The van der Waals surface area contributed by atoms with Crippen LogP contribution in [0.2, 0.25) is 0 Å². The number of carbonyl (C=O) groups excluding carboxylic acids is 2. The third-order valence-electron chi connectivity index (χ3n) is 4.22. The number of nitrogens with zero attached hydrogens (tertiary/aromatic N) is 3. The molecular formula is C18H23N5O2S. The first kappa shape index (κ1) is 18.4. The molecule has 2 aromatic rings. The molecule has 2 N–H and O–H groups in total. The van der Waals surface area contributed by atoms with Gasteiger partial charge < -0.3 is 10.2 Å². The Hall–Kier alpha value is -2.35. The minimum Gasteiger partial charge on any atom is -0.339 e. The number of anilines is 1. The molecule has 0 radical (unpaired) electrons. The second kappa shape index (κ2) is 8.35. The fourth-order valence-electron chi connectivity index (χ4n) is 2.61. The molecule has 1 heterocycles. The van der Waals surface area contributed by atoms with E-state index in [-0.39, 0.29) is 17.6 Å². The quantitative estimate of drug-likeness (QED) is 0.694. The van der Waals surface area contributed by atoms with E-state index in [0.717, 1.165) is 18.7 Å². The number of H-pyrrole nitrogens is 1. The highest BCUT2D eigenvalue weighted by atomic mass is 32.2. The maximum atomic E-state index is 12.4. The Kier molecular flexibility index (Phi) is 5.92. The van der Waals surface area contributed by atoms with Crippen molar-refractivity contribution in [1.29, 1.82) is 0 Å². The fraction of sp³-hybridized carbons (Fsp3) is 0.444. The average molecular weight is 373 g/mol. The van der Waals surface area contributed by atoms with Crippen LogP contribution in [0, 0.1) is 0 Å². The van der Waals surface area contributed by atoms with Crippen molar-refractivity contribution < 1.29 is 9.59 Å². The van der Waals surface area contributed by atoms with Crippen molar-refractivity contribution in [3.8, 4) is 0 Å². The van der Waals surface area contributed by atoms with Gasteiger partial charge in [0, 0.05) is 30.3 Å². The van der Waals surface area contributed by atoms with Crippen LogP contribution in [0.1, 0.15) is 48.8 Å². The van der Waals surface area contributed by atoms with Crippen LogP contribution in [0.4, 0.5) is 5.69 Å². The van der Waals surface area contributed by atoms with E-state index in [9.17, 15) is 9.59 Å². The summed E-state index contributed by atoms with van der Waals surface area (Å²) in [5.74, 6) is 1.46. The zero-order valence-electron chi connectivity index (χ0n) is 15.0. The highest BCUT2D eigenvalue weighted by Crippen LogP contribution is 2.38. The average Bonchev–Trinajstić information content (AvgIpc) is 3.39. The number of nitrogens with one attached hydrogen (secondary N) is 2. The van der Waals surface area contributed by atoms with E-state index < -0.39 is 0 Å². The summed E-state index contributed by atoms with van der Waals surface area (Å²) < 4.78 is 0. The Balaban J connectivity index is 1.54. The lowest BCUT2D eigenvalue weighted by atomic mass is 10.1. The first-order chi connectivity index (χ1) is 12.6. The van der Waals surface area contributed by atoms with E-state index >= 15 is 0 Å². The third kappa shape index (κ3) is 4.63. The van der Waals surface area contributed by atoms with E-state index in [1.807, 2.05) is 13.8 Å². The number of aromatic nitrogens is 3. The molecule has 8 heteroatoms. The molecule has 1 fully saturated rings. The fourth-order valence-corrected chi connectivity index (χ4v) is 3.22. The number of aromatic amines is 1.